The summed E-state index contributed by atoms with van der Waals surface area (Å²) in [5.41, 5.74) is 1.72. The molecule has 0 radical (unpaired) electrons. The van der Waals surface area contributed by atoms with Crippen LogP contribution in [0.4, 0.5) is 4.39 Å². The summed E-state index contributed by atoms with van der Waals surface area (Å²) < 4.78 is 24.7. The molecule has 1 amide bonds. The number of hydrogen-bond acceptors (Lipinski definition) is 6. The van der Waals surface area contributed by atoms with Gasteiger partial charge in [-0.05, 0) is 54.8 Å². The topological polar surface area (TPSA) is 79.3 Å². The summed E-state index contributed by atoms with van der Waals surface area (Å²) in [5, 5.41) is 11.3. The lowest BCUT2D eigenvalue weighted by molar-refractivity contribution is -0.140. The maximum atomic E-state index is 13.7. The van der Waals surface area contributed by atoms with Gasteiger partial charge in [0, 0.05) is 31.7 Å². The third-order valence-corrected chi connectivity index (χ3v) is 6.51. The molecule has 1 atom stereocenters. The number of ether oxygens (including phenoxy) is 2. The molecule has 2 fully saturated rings. The van der Waals surface area contributed by atoms with E-state index in [0.29, 0.717) is 49.7 Å². The monoisotopic (exact) mass is 494 g/mol. The highest BCUT2D eigenvalue weighted by Gasteiger charge is 2.45. The number of aliphatic hydroxyl groups excluding tert-OH is 1. The van der Waals surface area contributed by atoms with E-state index in [-0.39, 0.29) is 11.3 Å². The Bertz CT molecular complexity index is 1160. The standard InChI is InChI=1S/C28H31FN2O5/c1-3-15-36-23-10-7-21(18-19(23)2)26(32)24-25(20-5-8-22(29)9-6-20)31(28(34)27(24)33)12-4-11-30-13-16-35-17-14-30/h3,5-10,18,25,32H,1,4,11-17H2,2H3. The summed E-state index contributed by atoms with van der Waals surface area (Å²) >= 11 is 0. The summed E-state index contributed by atoms with van der Waals surface area (Å²) in [5.74, 6) is -1.48. The SMILES string of the molecule is C=CCOc1ccc(C(O)=C2C(=O)C(=O)N(CCCN3CCOCC3)C2c2ccc(F)cc2)cc1C. The summed E-state index contributed by atoms with van der Waals surface area (Å²) in [4.78, 5) is 30.0. The normalized spacial score (nSPS) is 20.1. The van der Waals surface area contributed by atoms with Gasteiger partial charge in [-0.1, -0.05) is 24.8 Å². The number of rotatable bonds is 9. The minimum atomic E-state index is -0.813. The molecule has 1 N–H and O–H groups in total. The maximum Gasteiger partial charge on any atom is 0.295 e. The van der Waals surface area contributed by atoms with Crippen LogP contribution in [0.3, 0.4) is 0 Å². The second-order valence-corrected chi connectivity index (χ2v) is 8.93. The highest BCUT2D eigenvalue weighted by Crippen LogP contribution is 2.40. The average molecular weight is 495 g/mol. The highest BCUT2D eigenvalue weighted by molar-refractivity contribution is 6.46. The zero-order chi connectivity index (χ0) is 25.7. The molecule has 2 saturated heterocycles. The first-order valence-corrected chi connectivity index (χ1v) is 12.1. The van der Waals surface area contributed by atoms with Crippen LogP contribution in [0.25, 0.3) is 5.76 Å². The van der Waals surface area contributed by atoms with Crippen LogP contribution in [0.2, 0.25) is 0 Å². The maximum absolute atomic E-state index is 13.7. The van der Waals surface area contributed by atoms with Crippen molar-refractivity contribution in [3.05, 3.63) is 83.2 Å². The number of amides is 1. The van der Waals surface area contributed by atoms with Gasteiger partial charge in [0.25, 0.3) is 11.7 Å². The zero-order valence-corrected chi connectivity index (χ0v) is 20.4. The number of hydrogen-bond donors (Lipinski definition) is 1. The van der Waals surface area contributed by atoms with Crippen molar-refractivity contribution in [1.82, 2.24) is 9.80 Å². The van der Waals surface area contributed by atoms with Crippen molar-refractivity contribution in [1.29, 1.82) is 0 Å². The molecule has 0 saturated carbocycles. The number of Topliss-reactive ketones (excluding diaryl/α,β-unsaturated/α-hetero) is 1. The fourth-order valence-corrected chi connectivity index (χ4v) is 4.65. The van der Waals surface area contributed by atoms with E-state index in [2.05, 4.69) is 11.5 Å². The Hall–Kier alpha value is -3.49. The molecule has 0 spiro atoms. The van der Waals surface area contributed by atoms with Crippen LogP contribution in [-0.4, -0.2) is 72.6 Å². The van der Waals surface area contributed by atoms with Gasteiger partial charge >= 0.3 is 0 Å². The van der Waals surface area contributed by atoms with E-state index in [9.17, 15) is 19.1 Å². The lowest BCUT2D eigenvalue weighted by Gasteiger charge is -2.29. The van der Waals surface area contributed by atoms with Crippen molar-refractivity contribution in [2.75, 3.05) is 46.0 Å². The van der Waals surface area contributed by atoms with E-state index in [0.717, 1.165) is 25.2 Å². The van der Waals surface area contributed by atoms with Crippen LogP contribution >= 0.6 is 0 Å². The van der Waals surface area contributed by atoms with Gasteiger partial charge in [-0.2, -0.15) is 0 Å². The zero-order valence-electron chi connectivity index (χ0n) is 20.4. The van der Waals surface area contributed by atoms with Crippen molar-refractivity contribution in [3.63, 3.8) is 0 Å². The van der Waals surface area contributed by atoms with E-state index in [1.807, 2.05) is 6.92 Å². The van der Waals surface area contributed by atoms with Gasteiger partial charge in [0.05, 0.1) is 24.8 Å². The molecule has 36 heavy (non-hydrogen) atoms. The Morgan fingerprint density at radius 1 is 1.17 bits per heavy atom. The number of carbonyl (C=O) groups is 2. The van der Waals surface area contributed by atoms with Crippen LogP contribution < -0.4 is 4.74 Å². The van der Waals surface area contributed by atoms with Crippen LogP contribution in [0.5, 0.6) is 5.75 Å². The Morgan fingerprint density at radius 3 is 2.56 bits per heavy atom. The molecule has 2 aromatic carbocycles. The van der Waals surface area contributed by atoms with E-state index >= 15 is 0 Å². The number of aryl methyl sites for hydroxylation is 1. The number of halogens is 1. The minimum Gasteiger partial charge on any atom is -0.507 e. The molecule has 2 aliphatic rings. The number of likely N-dealkylation sites (tertiary alicyclic amines) is 1. The molecule has 2 aliphatic heterocycles. The van der Waals surface area contributed by atoms with Crippen LogP contribution in [0.15, 0.2) is 60.7 Å². The smallest absolute Gasteiger partial charge is 0.295 e. The second kappa shape index (κ2) is 11.5. The molecule has 7 nitrogen and oxygen atoms in total. The first-order valence-electron chi connectivity index (χ1n) is 12.1. The number of ketones is 1. The third-order valence-electron chi connectivity index (χ3n) is 6.51. The van der Waals surface area contributed by atoms with Gasteiger partial charge in [0.1, 0.15) is 23.9 Å². The van der Waals surface area contributed by atoms with E-state index < -0.39 is 23.5 Å². The molecule has 0 bridgehead atoms. The van der Waals surface area contributed by atoms with Crippen molar-refractivity contribution in [2.24, 2.45) is 0 Å². The van der Waals surface area contributed by atoms with Crippen LogP contribution in [-0.2, 0) is 14.3 Å². The van der Waals surface area contributed by atoms with Gasteiger partial charge in [-0.3, -0.25) is 14.5 Å². The van der Waals surface area contributed by atoms with Crippen molar-refractivity contribution >= 4 is 17.4 Å². The molecule has 1 unspecified atom stereocenters. The number of aliphatic hydroxyl groups is 1. The second-order valence-electron chi connectivity index (χ2n) is 8.93. The van der Waals surface area contributed by atoms with Gasteiger partial charge < -0.3 is 19.5 Å². The minimum absolute atomic E-state index is 0.00265. The van der Waals surface area contributed by atoms with Crippen molar-refractivity contribution in [3.8, 4) is 5.75 Å². The Balaban J connectivity index is 1.66. The van der Waals surface area contributed by atoms with Crippen LogP contribution in [0.1, 0.15) is 29.2 Å². The molecule has 2 heterocycles. The van der Waals surface area contributed by atoms with E-state index in [1.54, 1.807) is 36.4 Å². The fraction of sp³-hybridized carbons (Fsp3) is 0.357. The summed E-state index contributed by atoms with van der Waals surface area (Å²) in [6, 6.07) is 9.93. The van der Waals surface area contributed by atoms with Gasteiger partial charge in [0.15, 0.2) is 0 Å². The molecule has 0 aliphatic carbocycles. The Morgan fingerprint density at radius 2 is 1.89 bits per heavy atom. The fourth-order valence-electron chi connectivity index (χ4n) is 4.65. The summed E-state index contributed by atoms with van der Waals surface area (Å²) in [6.45, 7) is 9.90. The molecular formula is C28H31FN2O5. The number of morpholine rings is 1. The highest BCUT2D eigenvalue weighted by atomic mass is 19.1. The molecule has 190 valence electrons. The first-order chi connectivity index (χ1) is 17.4. The quantitative estimate of drug-likeness (QED) is 0.247. The largest absolute Gasteiger partial charge is 0.507 e. The lowest BCUT2D eigenvalue weighted by atomic mass is 9.94. The third kappa shape index (κ3) is 5.50. The summed E-state index contributed by atoms with van der Waals surface area (Å²) in [7, 11) is 0. The van der Waals surface area contributed by atoms with Gasteiger partial charge in [-0.15, -0.1) is 0 Å². The van der Waals surface area contributed by atoms with Crippen molar-refractivity contribution in [2.45, 2.75) is 19.4 Å². The van der Waals surface area contributed by atoms with Crippen molar-refractivity contribution < 1.29 is 28.6 Å². The number of benzene rings is 2. The Kier molecular flexibility index (Phi) is 8.18. The van der Waals surface area contributed by atoms with Gasteiger partial charge in [0.2, 0.25) is 0 Å². The van der Waals surface area contributed by atoms with E-state index in [4.69, 9.17) is 9.47 Å². The van der Waals surface area contributed by atoms with Crippen LogP contribution in [0, 0.1) is 12.7 Å². The summed E-state index contributed by atoms with van der Waals surface area (Å²) in [6.07, 6.45) is 2.29. The molecular weight excluding hydrogens is 463 g/mol. The number of carbonyl (C=O) groups excluding carboxylic acids is 2. The first kappa shape index (κ1) is 25.6. The van der Waals surface area contributed by atoms with Gasteiger partial charge in [-0.25, -0.2) is 4.39 Å². The molecule has 2 aromatic rings. The predicted molar refractivity (Wildman–Crippen MR) is 134 cm³/mol. The molecule has 0 aromatic heterocycles. The lowest BCUT2D eigenvalue weighted by Crippen LogP contribution is -2.38. The molecule has 8 heteroatoms. The average Bonchev–Trinajstić information content (AvgIpc) is 3.13. The van der Waals surface area contributed by atoms with E-state index in [1.165, 1.54) is 17.0 Å². The Labute approximate surface area is 210 Å². The molecule has 4 rings (SSSR count). The predicted octanol–water partition coefficient (Wildman–Crippen LogP) is 3.84. The number of nitrogens with zero attached hydrogens (tertiary/aromatic N) is 2.